The smallest absolute Gasteiger partial charge is 0.748 e. The molecule has 17 heavy (non-hydrogen) atoms. The molecule has 0 aromatic rings. The minimum atomic E-state index is -4.02. The average Bonchev–Trinajstić information content (AvgIpc) is 2.13. The van der Waals surface area contributed by atoms with Crippen molar-refractivity contribution in [2.75, 3.05) is 5.75 Å². The van der Waals surface area contributed by atoms with E-state index in [2.05, 4.69) is 0 Å². The summed E-state index contributed by atoms with van der Waals surface area (Å²) in [4.78, 5) is 10.6. The predicted molar refractivity (Wildman–Crippen MR) is 62.2 cm³/mol. The van der Waals surface area contributed by atoms with E-state index in [1.165, 1.54) is 0 Å². The van der Waals surface area contributed by atoms with Crippen LogP contribution in [0.3, 0.4) is 0 Å². The normalized spacial score (nSPS) is 10.9. The van der Waals surface area contributed by atoms with Crippen molar-refractivity contribution in [2.45, 2.75) is 58.3 Å². The van der Waals surface area contributed by atoms with Crippen LogP contribution in [0.4, 0.5) is 0 Å². The fourth-order valence-electron chi connectivity index (χ4n) is 1.54. The van der Waals surface area contributed by atoms with Crippen LogP contribution in [0.1, 0.15) is 58.3 Å². The standard InChI is InChI=1S/C11H22O4S.Na/c1-11(12)9-7-5-3-2-4-6-8-10-16(13,14)15;/h2-10H2,1H3,(H,13,14,15);/q;+1/p-1. The van der Waals surface area contributed by atoms with E-state index in [4.69, 9.17) is 0 Å². The summed E-state index contributed by atoms with van der Waals surface area (Å²) in [7, 11) is -4.02. The first-order chi connectivity index (χ1) is 7.42. The van der Waals surface area contributed by atoms with Gasteiger partial charge in [-0.3, -0.25) is 0 Å². The summed E-state index contributed by atoms with van der Waals surface area (Å²) < 4.78 is 30.8. The van der Waals surface area contributed by atoms with Crippen molar-refractivity contribution in [3.63, 3.8) is 0 Å². The van der Waals surface area contributed by atoms with E-state index in [1.54, 1.807) is 6.92 Å². The van der Waals surface area contributed by atoms with Gasteiger partial charge in [0.1, 0.15) is 5.78 Å². The topological polar surface area (TPSA) is 74.3 Å². The van der Waals surface area contributed by atoms with Crippen LogP contribution in [0, 0.1) is 0 Å². The van der Waals surface area contributed by atoms with Crippen molar-refractivity contribution in [2.24, 2.45) is 0 Å². The van der Waals surface area contributed by atoms with Crippen molar-refractivity contribution in [3.8, 4) is 0 Å². The molecule has 0 bridgehead atoms. The van der Waals surface area contributed by atoms with Gasteiger partial charge in [0.05, 0.1) is 10.1 Å². The van der Waals surface area contributed by atoms with Gasteiger partial charge >= 0.3 is 29.6 Å². The molecule has 0 N–H and O–H groups in total. The third-order valence-corrected chi connectivity index (χ3v) is 3.21. The fourth-order valence-corrected chi connectivity index (χ4v) is 2.09. The van der Waals surface area contributed by atoms with Crippen LogP contribution >= 0.6 is 0 Å². The van der Waals surface area contributed by atoms with Crippen LogP contribution < -0.4 is 29.6 Å². The molecule has 96 valence electrons. The number of hydrogen-bond acceptors (Lipinski definition) is 4. The molecule has 0 atom stereocenters. The zero-order chi connectivity index (χ0) is 12.4. The van der Waals surface area contributed by atoms with E-state index in [0.29, 0.717) is 12.8 Å². The molecule has 0 unspecified atom stereocenters. The molecule has 0 saturated carbocycles. The van der Waals surface area contributed by atoms with Crippen LogP contribution in [0.2, 0.25) is 0 Å². The second-order valence-corrected chi connectivity index (χ2v) is 5.71. The summed E-state index contributed by atoms with van der Waals surface area (Å²) in [6.45, 7) is 1.60. The Labute approximate surface area is 127 Å². The summed E-state index contributed by atoms with van der Waals surface area (Å²) in [6, 6.07) is 0. The van der Waals surface area contributed by atoms with Crippen molar-refractivity contribution in [1.29, 1.82) is 0 Å². The van der Waals surface area contributed by atoms with Gasteiger partial charge in [-0.2, -0.15) is 0 Å². The minimum absolute atomic E-state index is 0. The van der Waals surface area contributed by atoms with Gasteiger partial charge in [0.15, 0.2) is 0 Å². The molecule has 0 aromatic heterocycles. The van der Waals surface area contributed by atoms with Gasteiger partial charge in [0.25, 0.3) is 0 Å². The van der Waals surface area contributed by atoms with Crippen LogP contribution in [0.5, 0.6) is 0 Å². The Hall–Kier alpha value is 0.580. The van der Waals surface area contributed by atoms with Crippen LogP contribution in [-0.2, 0) is 14.9 Å². The molecule has 0 aliphatic carbocycles. The second-order valence-electron chi connectivity index (χ2n) is 4.19. The van der Waals surface area contributed by atoms with Gasteiger partial charge in [-0.25, -0.2) is 8.42 Å². The predicted octanol–water partition coefficient (Wildman–Crippen LogP) is -0.755. The van der Waals surface area contributed by atoms with Crippen LogP contribution in [0.15, 0.2) is 0 Å². The monoisotopic (exact) mass is 272 g/mol. The summed E-state index contributed by atoms with van der Waals surface area (Å²) in [5.74, 6) is -0.00204. The maximum Gasteiger partial charge on any atom is 1.00 e. The number of Topliss-reactive ketones (excluding diaryl/α,β-unsaturated/α-hetero) is 1. The van der Waals surface area contributed by atoms with Crippen LogP contribution in [0.25, 0.3) is 0 Å². The summed E-state index contributed by atoms with van der Waals surface area (Å²) >= 11 is 0. The Morgan fingerprint density at radius 1 is 0.941 bits per heavy atom. The Kier molecular flexibility index (Phi) is 13.7. The number of rotatable bonds is 10. The summed E-state index contributed by atoms with van der Waals surface area (Å²) in [6.07, 6.45) is 7.04. The van der Waals surface area contributed by atoms with Gasteiger partial charge < -0.3 is 9.35 Å². The molecule has 0 aliphatic heterocycles. The largest absolute Gasteiger partial charge is 1.00 e. The average molecular weight is 272 g/mol. The first-order valence-electron chi connectivity index (χ1n) is 5.85. The van der Waals surface area contributed by atoms with Gasteiger partial charge in [-0.15, -0.1) is 0 Å². The fraction of sp³-hybridized carbons (Fsp3) is 0.909. The molecule has 0 fully saturated rings. The summed E-state index contributed by atoms with van der Waals surface area (Å²) in [5.41, 5.74) is 0. The van der Waals surface area contributed by atoms with Crippen molar-refractivity contribution >= 4 is 15.9 Å². The van der Waals surface area contributed by atoms with E-state index in [9.17, 15) is 17.8 Å². The van der Waals surface area contributed by atoms with Crippen LogP contribution in [-0.4, -0.2) is 24.5 Å². The Morgan fingerprint density at radius 3 is 1.76 bits per heavy atom. The molecule has 0 amide bonds. The molecule has 0 radical (unpaired) electrons. The third-order valence-electron chi connectivity index (χ3n) is 2.42. The van der Waals surface area contributed by atoms with Gasteiger partial charge in [0.2, 0.25) is 0 Å². The van der Waals surface area contributed by atoms with E-state index in [-0.39, 0.29) is 41.1 Å². The number of carbonyl (C=O) groups excluding carboxylic acids is 1. The Bertz CT molecular complexity index is 288. The van der Waals surface area contributed by atoms with Crippen molar-refractivity contribution < 1.29 is 47.3 Å². The number of hydrogen-bond donors (Lipinski definition) is 0. The number of ketones is 1. The van der Waals surface area contributed by atoms with E-state index in [0.717, 1.165) is 38.5 Å². The molecule has 0 heterocycles. The van der Waals surface area contributed by atoms with Gasteiger partial charge in [-0.05, 0) is 19.8 Å². The third kappa shape index (κ3) is 19.1. The van der Waals surface area contributed by atoms with E-state index in [1.807, 2.05) is 0 Å². The Balaban J connectivity index is 0. The maximum atomic E-state index is 10.6. The first-order valence-corrected chi connectivity index (χ1v) is 7.42. The molecular weight excluding hydrogens is 251 g/mol. The first kappa shape index (κ1) is 19.9. The van der Waals surface area contributed by atoms with Gasteiger partial charge in [0, 0.05) is 12.2 Å². The zero-order valence-corrected chi connectivity index (χ0v) is 13.7. The molecule has 0 aromatic carbocycles. The molecule has 0 rings (SSSR count). The maximum absolute atomic E-state index is 10.6. The molecule has 6 heteroatoms. The minimum Gasteiger partial charge on any atom is -0.748 e. The quantitative estimate of drug-likeness (QED) is 0.298. The van der Waals surface area contributed by atoms with Crippen molar-refractivity contribution in [3.05, 3.63) is 0 Å². The van der Waals surface area contributed by atoms with E-state index < -0.39 is 10.1 Å². The zero-order valence-electron chi connectivity index (χ0n) is 10.9. The molecular formula is C11H21NaO4S. The number of unbranched alkanes of at least 4 members (excludes halogenated alkanes) is 6. The molecule has 0 saturated heterocycles. The molecule has 0 aliphatic rings. The second kappa shape index (κ2) is 11.7. The Morgan fingerprint density at radius 2 is 1.35 bits per heavy atom. The van der Waals surface area contributed by atoms with Crippen molar-refractivity contribution in [1.82, 2.24) is 0 Å². The van der Waals surface area contributed by atoms with Gasteiger partial charge in [-0.1, -0.05) is 32.1 Å². The number of carbonyl (C=O) groups is 1. The summed E-state index contributed by atoms with van der Waals surface area (Å²) in [5, 5.41) is 0. The van der Waals surface area contributed by atoms with E-state index >= 15 is 0 Å². The SMILES string of the molecule is CC(=O)CCCCCCCCCS(=O)(=O)[O-].[Na+]. The molecule has 4 nitrogen and oxygen atoms in total. The molecule has 0 spiro atoms.